The fourth-order valence-electron chi connectivity index (χ4n) is 1.74. The molecule has 0 saturated heterocycles. The summed E-state index contributed by atoms with van der Waals surface area (Å²) in [5.74, 6) is 0. The first kappa shape index (κ1) is 10.3. The molecule has 3 heteroatoms. The van der Waals surface area contributed by atoms with E-state index in [-0.39, 0.29) is 0 Å². The summed E-state index contributed by atoms with van der Waals surface area (Å²) in [5.41, 5.74) is 1.85. The van der Waals surface area contributed by atoms with Crippen LogP contribution in [0, 0.1) is 11.3 Å². The molecule has 0 saturated carbocycles. The first-order chi connectivity index (χ1) is 7.13. The zero-order chi connectivity index (χ0) is 11.0. The predicted octanol–water partition coefficient (Wildman–Crippen LogP) is 3.86. The van der Waals surface area contributed by atoms with Crippen LogP contribution in [0.15, 0.2) is 28.9 Å². The Labute approximate surface area is 97.3 Å². The second-order valence-corrected chi connectivity index (χ2v) is 4.73. The minimum atomic E-state index is 0.371. The lowest BCUT2D eigenvalue weighted by Gasteiger charge is -2.08. The normalized spacial score (nSPS) is 10.9. The number of hydrogen-bond acceptors (Lipinski definition) is 1. The summed E-state index contributed by atoms with van der Waals surface area (Å²) in [5, 5.41) is 10.1. The van der Waals surface area contributed by atoms with E-state index >= 15 is 0 Å². The lowest BCUT2D eigenvalue weighted by atomic mass is 10.2. The van der Waals surface area contributed by atoms with Gasteiger partial charge in [0.2, 0.25) is 0 Å². The van der Waals surface area contributed by atoms with E-state index in [1.54, 1.807) is 0 Å². The summed E-state index contributed by atoms with van der Waals surface area (Å²) < 4.78 is 3.13. The fourth-order valence-corrected chi connectivity index (χ4v) is 2.10. The number of hydrogen-bond donors (Lipinski definition) is 0. The fraction of sp³-hybridized carbons (Fsp3) is 0.250. The van der Waals surface area contributed by atoms with Crippen LogP contribution in [-0.4, -0.2) is 4.57 Å². The molecule has 2 aromatic rings. The monoisotopic (exact) mass is 262 g/mol. The van der Waals surface area contributed by atoms with Crippen molar-refractivity contribution < 1.29 is 0 Å². The van der Waals surface area contributed by atoms with Crippen molar-refractivity contribution in [2.45, 2.75) is 19.9 Å². The summed E-state index contributed by atoms with van der Waals surface area (Å²) in [6.07, 6.45) is 1.92. The van der Waals surface area contributed by atoms with Crippen molar-refractivity contribution in [1.29, 1.82) is 5.26 Å². The highest BCUT2D eigenvalue weighted by atomic mass is 79.9. The number of fused-ring (bicyclic) bond motifs is 1. The molecule has 1 aromatic carbocycles. The molecule has 0 aliphatic carbocycles. The van der Waals surface area contributed by atoms with Crippen molar-refractivity contribution in [2.24, 2.45) is 0 Å². The van der Waals surface area contributed by atoms with Gasteiger partial charge in [-0.15, -0.1) is 0 Å². The average molecular weight is 263 g/mol. The van der Waals surface area contributed by atoms with Crippen LogP contribution in [0.1, 0.15) is 25.5 Å². The minimum Gasteiger partial charge on any atom is -0.344 e. The molecule has 0 N–H and O–H groups in total. The molecular weight excluding hydrogens is 252 g/mol. The average Bonchev–Trinajstić information content (AvgIpc) is 2.55. The zero-order valence-corrected chi connectivity index (χ0v) is 10.2. The smallest absolute Gasteiger partial charge is 0.101 e. The standard InChI is InChI=1S/C12H11BrN2/c1-8(2)15-7-9(6-14)11-5-10(13)3-4-12(11)15/h3-5,7-8H,1-2H3. The number of aromatic nitrogens is 1. The molecule has 76 valence electrons. The third-order valence-electron chi connectivity index (χ3n) is 2.47. The molecule has 0 spiro atoms. The van der Waals surface area contributed by atoms with E-state index in [1.165, 1.54) is 0 Å². The van der Waals surface area contributed by atoms with Gasteiger partial charge in [0.05, 0.1) is 5.56 Å². The Morgan fingerprint density at radius 1 is 1.40 bits per heavy atom. The van der Waals surface area contributed by atoms with Crippen LogP contribution in [0.3, 0.4) is 0 Å². The van der Waals surface area contributed by atoms with Gasteiger partial charge in [0.25, 0.3) is 0 Å². The Kier molecular flexibility index (Phi) is 2.54. The Morgan fingerprint density at radius 3 is 2.73 bits per heavy atom. The third kappa shape index (κ3) is 1.66. The molecule has 0 atom stereocenters. The number of halogens is 1. The minimum absolute atomic E-state index is 0.371. The van der Waals surface area contributed by atoms with Crippen LogP contribution in [-0.2, 0) is 0 Å². The van der Waals surface area contributed by atoms with Gasteiger partial charge in [-0.2, -0.15) is 5.26 Å². The summed E-state index contributed by atoms with van der Waals surface area (Å²) in [6.45, 7) is 4.23. The SMILES string of the molecule is CC(C)n1cc(C#N)c2cc(Br)ccc21. The van der Waals surface area contributed by atoms with Crippen molar-refractivity contribution in [1.82, 2.24) is 4.57 Å². The van der Waals surface area contributed by atoms with Crippen molar-refractivity contribution in [3.8, 4) is 6.07 Å². The molecule has 1 aromatic heterocycles. The molecule has 0 fully saturated rings. The van der Waals surface area contributed by atoms with Crippen LogP contribution >= 0.6 is 15.9 Å². The second-order valence-electron chi connectivity index (χ2n) is 3.82. The van der Waals surface area contributed by atoms with Crippen molar-refractivity contribution in [3.63, 3.8) is 0 Å². The van der Waals surface area contributed by atoms with Crippen LogP contribution in [0.4, 0.5) is 0 Å². The number of rotatable bonds is 1. The van der Waals surface area contributed by atoms with Gasteiger partial charge >= 0.3 is 0 Å². The van der Waals surface area contributed by atoms with Crippen molar-refractivity contribution in [2.75, 3.05) is 0 Å². The van der Waals surface area contributed by atoms with Gasteiger partial charge in [-0.1, -0.05) is 15.9 Å². The van der Waals surface area contributed by atoms with Crippen molar-refractivity contribution in [3.05, 3.63) is 34.4 Å². The number of benzene rings is 1. The molecule has 0 unspecified atom stereocenters. The van der Waals surface area contributed by atoms with Crippen molar-refractivity contribution >= 4 is 26.8 Å². The Balaban J connectivity index is 2.82. The van der Waals surface area contributed by atoms with E-state index in [4.69, 9.17) is 5.26 Å². The maximum absolute atomic E-state index is 9.04. The molecule has 2 rings (SSSR count). The highest BCUT2D eigenvalue weighted by molar-refractivity contribution is 9.10. The summed E-state index contributed by atoms with van der Waals surface area (Å²) in [4.78, 5) is 0. The number of nitrogens with zero attached hydrogens (tertiary/aromatic N) is 2. The number of nitriles is 1. The molecule has 0 amide bonds. The topological polar surface area (TPSA) is 28.7 Å². The Morgan fingerprint density at radius 2 is 2.13 bits per heavy atom. The predicted molar refractivity (Wildman–Crippen MR) is 64.7 cm³/mol. The van der Waals surface area contributed by atoms with Gasteiger partial charge in [-0.05, 0) is 32.0 Å². The van der Waals surface area contributed by atoms with E-state index in [1.807, 2.05) is 24.4 Å². The van der Waals surface area contributed by atoms with Gasteiger partial charge in [0.15, 0.2) is 0 Å². The van der Waals surface area contributed by atoms with Gasteiger partial charge in [0, 0.05) is 27.6 Å². The molecule has 0 aliphatic heterocycles. The largest absolute Gasteiger partial charge is 0.344 e. The third-order valence-corrected chi connectivity index (χ3v) is 2.97. The maximum atomic E-state index is 9.04. The molecular formula is C12H11BrN2. The quantitative estimate of drug-likeness (QED) is 0.768. The van der Waals surface area contributed by atoms with E-state index in [0.717, 1.165) is 20.9 Å². The molecule has 15 heavy (non-hydrogen) atoms. The van der Waals surface area contributed by atoms with Crippen LogP contribution in [0.25, 0.3) is 10.9 Å². The molecule has 0 radical (unpaired) electrons. The van der Waals surface area contributed by atoms with Gasteiger partial charge in [-0.25, -0.2) is 0 Å². The highest BCUT2D eigenvalue weighted by Crippen LogP contribution is 2.26. The molecule has 0 bridgehead atoms. The first-order valence-electron chi connectivity index (χ1n) is 4.83. The summed E-state index contributed by atoms with van der Waals surface area (Å²) >= 11 is 3.42. The summed E-state index contributed by atoms with van der Waals surface area (Å²) in [7, 11) is 0. The first-order valence-corrected chi connectivity index (χ1v) is 5.63. The molecule has 2 nitrogen and oxygen atoms in total. The zero-order valence-electron chi connectivity index (χ0n) is 8.66. The maximum Gasteiger partial charge on any atom is 0.101 e. The Bertz CT molecular complexity index is 546. The van der Waals surface area contributed by atoms with E-state index in [0.29, 0.717) is 6.04 Å². The van der Waals surface area contributed by atoms with Crippen LogP contribution < -0.4 is 0 Å². The lowest BCUT2D eigenvalue weighted by molar-refractivity contribution is 0.622. The van der Waals surface area contributed by atoms with Gasteiger partial charge < -0.3 is 4.57 Å². The summed E-state index contributed by atoms with van der Waals surface area (Å²) in [6, 6.07) is 8.64. The van der Waals surface area contributed by atoms with Crippen LogP contribution in [0.5, 0.6) is 0 Å². The van der Waals surface area contributed by atoms with Crippen LogP contribution in [0.2, 0.25) is 0 Å². The van der Waals surface area contributed by atoms with E-state index < -0.39 is 0 Å². The van der Waals surface area contributed by atoms with E-state index in [2.05, 4.69) is 40.4 Å². The van der Waals surface area contributed by atoms with Gasteiger partial charge in [-0.3, -0.25) is 0 Å². The molecule has 0 aliphatic rings. The highest BCUT2D eigenvalue weighted by Gasteiger charge is 2.10. The van der Waals surface area contributed by atoms with E-state index in [9.17, 15) is 0 Å². The Hall–Kier alpha value is -1.27. The lowest BCUT2D eigenvalue weighted by Crippen LogP contribution is -1.97. The molecule has 1 heterocycles. The van der Waals surface area contributed by atoms with Gasteiger partial charge in [0.1, 0.15) is 6.07 Å². The second kappa shape index (κ2) is 3.71.